The Labute approximate surface area is 394 Å². The highest BCUT2D eigenvalue weighted by Crippen LogP contribution is 2.19. The Bertz CT molecular complexity index is 1260. The summed E-state index contributed by atoms with van der Waals surface area (Å²) in [5, 5.41) is 35.4. The van der Waals surface area contributed by atoms with Gasteiger partial charge in [-0.3, -0.25) is 9.59 Å². The molecule has 0 radical (unpaired) electrons. The molecule has 1 aromatic carbocycles. The van der Waals surface area contributed by atoms with E-state index >= 15 is 0 Å². The summed E-state index contributed by atoms with van der Waals surface area (Å²) < 4.78 is 11.4. The van der Waals surface area contributed by atoms with Gasteiger partial charge in [-0.1, -0.05) is 162 Å². The molecule has 1 rings (SSSR count). The summed E-state index contributed by atoms with van der Waals surface area (Å²) in [6, 6.07) is 2.70. The molecule has 0 fully saturated rings. The van der Waals surface area contributed by atoms with Crippen LogP contribution in [0, 0.1) is 0 Å². The van der Waals surface area contributed by atoms with Crippen LogP contribution in [-0.2, 0) is 19.1 Å². The van der Waals surface area contributed by atoms with Gasteiger partial charge in [0.1, 0.15) is 6.10 Å². The second-order valence-electron chi connectivity index (χ2n) is 17.9. The van der Waals surface area contributed by atoms with E-state index in [1.54, 1.807) is 0 Å². The fourth-order valence-corrected chi connectivity index (χ4v) is 7.87. The number of nitrogens with zero attached hydrogens (tertiary/aromatic N) is 1. The predicted octanol–water partition coefficient (Wildman–Crippen LogP) is 13.4. The molecule has 65 heavy (non-hydrogen) atoms. The van der Waals surface area contributed by atoms with Gasteiger partial charge in [0.05, 0.1) is 29.9 Å². The van der Waals surface area contributed by atoms with Gasteiger partial charge in [-0.2, -0.15) is 0 Å². The van der Waals surface area contributed by atoms with Crippen LogP contribution < -0.4 is 0 Å². The first kappa shape index (κ1) is 61.5. The molecule has 12 heteroatoms. The number of hydrogen-bond donors (Lipinski definition) is 4. The maximum Gasteiger partial charge on any atom is 0.335 e. The van der Waals surface area contributed by atoms with E-state index in [-0.39, 0.29) is 41.3 Å². The third kappa shape index (κ3) is 38.3. The minimum Gasteiger partial charge on any atom is -0.478 e. The van der Waals surface area contributed by atoms with E-state index in [2.05, 4.69) is 25.7 Å². The summed E-state index contributed by atoms with van der Waals surface area (Å²) in [6.45, 7) is 10.4. The molecular weight excluding hydrogens is 827 g/mol. The standard InChI is InChI=1S/C44H87NO5.C9H6O6/c1-4-7-10-13-16-25-32-41-49-43(47)35-28-21-17-23-30-37-45(39-40-46)38-31-24-18-22-29-36-44(48)50-42(33-26-19-14-11-8-5-2)34-27-20-15-12-9-6-3;10-7(11)4-1-5(8(12)13)3-6(2-4)9(14)15/h42,46H,4-41H2,1-3H3;1-3H,(H,10,11)(H,12,13)(H,14,15). The minimum atomic E-state index is -1.37. The third-order valence-electron chi connectivity index (χ3n) is 11.9. The number of unbranched alkanes of at least 4 members (excludes halogenated alkanes) is 24. The van der Waals surface area contributed by atoms with Crippen molar-refractivity contribution in [1.29, 1.82) is 0 Å². The third-order valence-corrected chi connectivity index (χ3v) is 11.9. The summed E-state index contributed by atoms with van der Waals surface area (Å²) in [4.78, 5) is 58.7. The first-order valence-corrected chi connectivity index (χ1v) is 26.0. The van der Waals surface area contributed by atoms with Crippen LogP contribution in [0.4, 0.5) is 0 Å². The van der Waals surface area contributed by atoms with Crippen LogP contribution >= 0.6 is 0 Å². The van der Waals surface area contributed by atoms with Crippen molar-refractivity contribution in [2.45, 2.75) is 239 Å². The smallest absolute Gasteiger partial charge is 0.335 e. The van der Waals surface area contributed by atoms with Gasteiger partial charge < -0.3 is 34.8 Å². The zero-order valence-electron chi connectivity index (χ0n) is 41.3. The van der Waals surface area contributed by atoms with Gasteiger partial charge in [-0.25, -0.2) is 14.4 Å². The molecule has 0 heterocycles. The summed E-state index contributed by atoms with van der Waals surface area (Å²) in [6.07, 6.45) is 38.3. The molecule has 0 bridgehead atoms. The normalized spacial score (nSPS) is 11.1. The van der Waals surface area contributed by atoms with Crippen molar-refractivity contribution in [2.75, 3.05) is 32.8 Å². The van der Waals surface area contributed by atoms with Gasteiger partial charge in [-0.05, 0) is 89.1 Å². The SMILES string of the molecule is CCCCCCCCCOC(=O)CCCCCCCN(CCO)CCCCCCCC(=O)OC(CCCCCCCC)CCCCCCCC.O=C(O)c1cc(C(=O)O)cc(C(=O)O)c1. The number of carboxylic acid groups (broad SMARTS) is 3. The summed E-state index contributed by atoms with van der Waals surface area (Å²) in [5.74, 6) is -4.14. The maximum absolute atomic E-state index is 12.7. The van der Waals surface area contributed by atoms with E-state index in [1.165, 1.54) is 128 Å². The number of hydrogen-bond acceptors (Lipinski definition) is 9. The highest BCUT2D eigenvalue weighted by molar-refractivity contribution is 5.98. The molecule has 0 unspecified atom stereocenters. The Kier molecular flexibility index (Phi) is 41.9. The second kappa shape index (κ2) is 44.3. The number of carbonyl (C=O) groups excluding carboxylic acids is 2. The highest BCUT2D eigenvalue weighted by Gasteiger charge is 2.16. The van der Waals surface area contributed by atoms with Crippen LogP contribution in [-0.4, -0.2) is 94.1 Å². The number of aliphatic hydroxyl groups excluding tert-OH is 1. The summed E-state index contributed by atoms with van der Waals surface area (Å²) >= 11 is 0. The van der Waals surface area contributed by atoms with E-state index in [9.17, 15) is 29.1 Å². The molecule has 0 saturated heterocycles. The number of carbonyl (C=O) groups is 5. The van der Waals surface area contributed by atoms with Crippen molar-refractivity contribution in [1.82, 2.24) is 4.90 Å². The lowest BCUT2D eigenvalue weighted by molar-refractivity contribution is -0.150. The molecule has 12 nitrogen and oxygen atoms in total. The van der Waals surface area contributed by atoms with Gasteiger partial charge in [0.15, 0.2) is 0 Å². The number of rotatable bonds is 44. The molecule has 0 aliphatic rings. The second-order valence-corrected chi connectivity index (χ2v) is 17.9. The average Bonchev–Trinajstić information content (AvgIpc) is 3.28. The van der Waals surface area contributed by atoms with E-state index in [0.717, 1.165) is 108 Å². The monoisotopic (exact) mass is 920 g/mol. The Hall–Kier alpha value is -3.51. The van der Waals surface area contributed by atoms with Crippen LogP contribution in [0.25, 0.3) is 0 Å². The average molecular weight is 920 g/mol. The molecule has 0 aliphatic carbocycles. The molecule has 0 aromatic heterocycles. The van der Waals surface area contributed by atoms with Crippen LogP contribution in [0.2, 0.25) is 0 Å². The van der Waals surface area contributed by atoms with Gasteiger partial charge in [0.2, 0.25) is 0 Å². The van der Waals surface area contributed by atoms with Gasteiger partial charge >= 0.3 is 29.8 Å². The molecule has 0 atom stereocenters. The van der Waals surface area contributed by atoms with Crippen LogP contribution in [0.15, 0.2) is 18.2 Å². The lowest BCUT2D eigenvalue weighted by atomic mass is 10.0. The van der Waals surface area contributed by atoms with Crippen molar-refractivity contribution in [3.8, 4) is 0 Å². The molecular formula is C53H93NO11. The van der Waals surface area contributed by atoms with Crippen molar-refractivity contribution in [3.05, 3.63) is 34.9 Å². The Morgan fingerprint density at radius 3 is 1.17 bits per heavy atom. The zero-order valence-corrected chi connectivity index (χ0v) is 41.3. The van der Waals surface area contributed by atoms with Gasteiger partial charge in [-0.15, -0.1) is 0 Å². The number of aliphatic hydroxyl groups is 1. The Morgan fingerprint density at radius 2 is 0.785 bits per heavy atom. The number of benzene rings is 1. The van der Waals surface area contributed by atoms with Crippen molar-refractivity contribution < 1.29 is 53.9 Å². The molecule has 0 aliphatic heterocycles. The number of esters is 2. The van der Waals surface area contributed by atoms with Gasteiger partial charge in [0.25, 0.3) is 0 Å². The van der Waals surface area contributed by atoms with Crippen molar-refractivity contribution in [3.63, 3.8) is 0 Å². The highest BCUT2D eigenvalue weighted by atomic mass is 16.5. The van der Waals surface area contributed by atoms with Crippen molar-refractivity contribution >= 4 is 29.8 Å². The first-order valence-electron chi connectivity index (χ1n) is 26.0. The number of carboxylic acids is 3. The van der Waals surface area contributed by atoms with Crippen LogP contribution in [0.3, 0.4) is 0 Å². The summed E-state index contributed by atoms with van der Waals surface area (Å²) in [7, 11) is 0. The van der Waals surface area contributed by atoms with E-state index in [4.69, 9.17) is 24.8 Å². The van der Waals surface area contributed by atoms with E-state index in [1.807, 2.05) is 0 Å². The lowest BCUT2D eigenvalue weighted by Gasteiger charge is -2.21. The van der Waals surface area contributed by atoms with Crippen molar-refractivity contribution in [2.24, 2.45) is 0 Å². The fraction of sp³-hybridized carbons (Fsp3) is 0.792. The predicted molar refractivity (Wildman–Crippen MR) is 261 cm³/mol. The molecule has 0 spiro atoms. The van der Waals surface area contributed by atoms with Crippen LogP contribution in [0.1, 0.15) is 264 Å². The molecule has 376 valence electrons. The number of ether oxygens (including phenoxy) is 2. The largest absolute Gasteiger partial charge is 0.478 e. The minimum absolute atomic E-state index is 0.0137. The molecule has 0 amide bonds. The maximum atomic E-state index is 12.7. The molecule has 4 N–H and O–H groups in total. The van der Waals surface area contributed by atoms with E-state index in [0.29, 0.717) is 19.4 Å². The first-order chi connectivity index (χ1) is 31.5. The Morgan fingerprint density at radius 1 is 0.446 bits per heavy atom. The van der Waals surface area contributed by atoms with E-state index < -0.39 is 17.9 Å². The fourth-order valence-electron chi connectivity index (χ4n) is 7.87. The topological polar surface area (TPSA) is 188 Å². The number of aromatic carboxylic acids is 3. The summed E-state index contributed by atoms with van der Waals surface area (Å²) in [5.41, 5.74) is -1.10. The molecule has 1 aromatic rings. The Balaban J connectivity index is 0.00000228. The quantitative estimate of drug-likeness (QED) is 0.0359. The molecule has 0 saturated carbocycles. The lowest BCUT2D eigenvalue weighted by Crippen LogP contribution is -2.29. The zero-order chi connectivity index (χ0) is 48.2. The van der Waals surface area contributed by atoms with Crippen LogP contribution in [0.5, 0.6) is 0 Å². The van der Waals surface area contributed by atoms with Gasteiger partial charge in [0, 0.05) is 19.4 Å².